The number of thiazole rings is 1. The number of aryl methyl sites for hydroxylation is 1. The van der Waals surface area contributed by atoms with Crippen molar-refractivity contribution < 1.29 is 9.21 Å². The Morgan fingerprint density at radius 2 is 2.22 bits per heavy atom. The van der Waals surface area contributed by atoms with Crippen LogP contribution in [0.3, 0.4) is 0 Å². The third kappa shape index (κ3) is 5.10. The first-order valence-corrected chi connectivity index (χ1v) is 8.12. The molecule has 7 nitrogen and oxygen atoms in total. The zero-order valence-electron chi connectivity index (χ0n) is 13.5. The van der Waals surface area contributed by atoms with E-state index in [9.17, 15) is 4.79 Å². The van der Waals surface area contributed by atoms with Crippen LogP contribution in [0, 0.1) is 6.92 Å². The number of guanidine groups is 1. The summed E-state index contributed by atoms with van der Waals surface area (Å²) in [5, 5.41) is 9.08. The highest BCUT2D eigenvalue weighted by atomic mass is 32.1. The smallest absolute Gasteiger partial charge is 0.287 e. The maximum atomic E-state index is 11.7. The van der Waals surface area contributed by atoms with Gasteiger partial charge in [0.2, 0.25) is 0 Å². The number of hydrogen-bond acceptors (Lipinski definition) is 5. The second-order valence-electron chi connectivity index (χ2n) is 4.92. The molecule has 0 bridgehead atoms. The van der Waals surface area contributed by atoms with Crippen LogP contribution in [-0.2, 0) is 6.54 Å². The number of nitrogens with zero attached hydrogens (tertiary/aromatic N) is 3. The van der Waals surface area contributed by atoms with Gasteiger partial charge in [0.1, 0.15) is 0 Å². The summed E-state index contributed by atoms with van der Waals surface area (Å²) in [4.78, 5) is 22.4. The van der Waals surface area contributed by atoms with Gasteiger partial charge in [-0.25, -0.2) is 4.98 Å². The van der Waals surface area contributed by atoms with Gasteiger partial charge in [-0.1, -0.05) is 0 Å². The van der Waals surface area contributed by atoms with Crippen LogP contribution in [0.2, 0.25) is 0 Å². The minimum Gasteiger partial charge on any atom is -0.459 e. The molecular formula is C15H21N5O2S. The van der Waals surface area contributed by atoms with E-state index in [1.165, 1.54) is 6.26 Å². The van der Waals surface area contributed by atoms with E-state index in [1.54, 1.807) is 30.5 Å². The normalized spacial score (nSPS) is 11.3. The molecule has 2 heterocycles. The van der Waals surface area contributed by atoms with Crippen LogP contribution < -0.4 is 10.6 Å². The molecule has 124 valence electrons. The lowest BCUT2D eigenvalue weighted by Gasteiger charge is -2.21. The quantitative estimate of drug-likeness (QED) is 0.475. The van der Waals surface area contributed by atoms with Gasteiger partial charge in [-0.2, -0.15) is 0 Å². The molecule has 0 spiro atoms. The molecule has 0 radical (unpaired) electrons. The van der Waals surface area contributed by atoms with Gasteiger partial charge in [-0.3, -0.25) is 9.79 Å². The Labute approximate surface area is 139 Å². The SMILES string of the molecule is CN=C(NCCNC(=O)c1ccco1)N(C)Cc1csc(C)n1. The number of carbonyl (C=O) groups is 1. The Kier molecular flexibility index (Phi) is 6.16. The number of amides is 1. The molecule has 0 aliphatic carbocycles. The van der Waals surface area contributed by atoms with Crippen LogP contribution in [0.25, 0.3) is 0 Å². The average Bonchev–Trinajstić information content (AvgIpc) is 3.19. The first-order valence-electron chi connectivity index (χ1n) is 7.24. The van der Waals surface area contributed by atoms with E-state index in [-0.39, 0.29) is 5.91 Å². The lowest BCUT2D eigenvalue weighted by molar-refractivity contribution is 0.0926. The highest BCUT2D eigenvalue weighted by Gasteiger charge is 2.09. The van der Waals surface area contributed by atoms with Gasteiger partial charge in [0.15, 0.2) is 11.7 Å². The summed E-state index contributed by atoms with van der Waals surface area (Å²) < 4.78 is 5.03. The Morgan fingerprint density at radius 3 is 2.83 bits per heavy atom. The van der Waals surface area contributed by atoms with Gasteiger partial charge in [0.05, 0.1) is 23.5 Å². The summed E-state index contributed by atoms with van der Waals surface area (Å²) in [5.41, 5.74) is 1.02. The Morgan fingerprint density at radius 1 is 1.43 bits per heavy atom. The predicted octanol–water partition coefficient (Wildman–Crippen LogP) is 1.48. The molecule has 2 aromatic heterocycles. The van der Waals surface area contributed by atoms with Crippen molar-refractivity contribution in [3.63, 3.8) is 0 Å². The van der Waals surface area contributed by atoms with Crippen molar-refractivity contribution in [2.24, 2.45) is 4.99 Å². The number of carbonyl (C=O) groups excluding carboxylic acids is 1. The highest BCUT2D eigenvalue weighted by Crippen LogP contribution is 2.09. The van der Waals surface area contributed by atoms with Gasteiger partial charge in [0, 0.05) is 32.6 Å². The second-order valence-corrected chi connectivity index (χ2v) is 5.98. The molecule has 2 N–H and O–H groups in total. The molecule has 2 rings (SSSR count). The monoisotopic (exact) mass is 335 g/mol. The molecule has 0 saturated heterocycles. The zero-order chi connectivity index (χ0) is 16.7. The van der Waals surface area contributed by atoms with Crippen molar-refractivity contribution in [1.29, 1.82) is 0 Å². The number of aliphatic imine (C=N–C) groups is 1. The van der Waals surface area contributed by atoms with Crippen LogP contribution in [0.15, 0.2) is 33.2 Å². The fourth-order valence-corrected chi connectivity index (χ4v) is 2.63. The van der Waals surface area contributed by atoms with E-state index in [0.717, 1.165) is 16.7 Å². The molecule has 0 aliphatic rings. The highest BCUT2D eigenvalue weighted by molar-refractivity contribution is 7.09. The van der Waals surface area contributed by atoms with Crippen molar-refractivity contribution in [2.75, 3.05) is 27.2 Å². The number of nitrogens with one attached hydrogen (secondary N) is 2. The van der Waals surface area contributed by atoms with E-state index in [2.05, 4.69) is 20.6 Å². The third-order valence-corrected chi connectivity index (χ3v) is 3.90. The Balaban J connectivity index is 1.73. The largest absolute Gasteiger partial charge is 0.459 e. The molecule has 23 heavy (non-hydrogen) atoms. The molecule has 0 aliphatic heterocycles. The number of furan rings is 1. The summed E-state index contributed by atoms with van der Waals surface area (Å²) in [6.07, 6.45) is 1.48. The van der Waals surface area contributed by atoms with Crippen LogP contribution in [0.1, 0.15) is 21.3 Å². The summed E-state index contributed by atoms with van der Waals surface area (Å²) in [5.74, 6) is 0.839. The van der Waals surface area contributed by atoms with Gasteiger partial charge >= 0.3 is 0 Å². The van der Waals surface area contributed by atoms with Gasteiger partial charge < -0.3 is 20.0 Å². The molecule has 0 aromatic carbocycles. The second kappa shape index (κ2) is 8.33. The summed E-state index contributed by atoms with van der Waals surface area (Å²) >= 11 is 1.63. The predicted molar refractivity (Wildman–Crippen MR) is 90.7 cm³/mol. The van der Waals surface area contributed by atoms with E-state index < -0.39 is 0 Å². The fraction of sp³-hybridized carbons (Fsp3) is 0.400. The van der Waals surface area contributed by atoms with Crippen LogP contribution >= 0.6 is 11.3 Å². The van der Waals surface area contributed by atoms with Crippen molar-refractivity contribution >= 4 is 23.2 Å². The lowest BCUT2D eigenvalue weighted by atomic mass is 10.4. The molecular weight excluding hydrogens is 314 g/mol. The van der Waals surface area contributed by atoms with Gasteiger partial charge in [0.25, 0.3) is 5.91 Å². The minimum absolute atomic E-state index is 0.224. The first kappa shape index (κ1) is 17.0. The maximum Gasteiger partial charge on any atom is 0.287 e. The van der Waals surface area contributed by atoms with Crippen molar-refractivity contribution in [3.8, 4) is 0 Å². The fourth-order valence-electron chi connectivity index (χ4n) is 2.03. The summed E-state index contributed by atoms with van der Waals surface area (Å²) in [6.45, 7) is 3.72. The molecule has 0 saturated carbocycles. The van der Waals surface area contributed by atoms with Crippen molar-refractivity contribution in [3.05, 3.63) is 40.2 Å². The zero-order valence-corrected chi connectivity index (χ0v) is 14.3. The number of rotatable bonds is 6. The summed E-state index contributed by atoms with van der Waals surface area (Å²) in [6, 6.07) is 3.31. The Bertz CT molecular complexity index is 651. The maximum absolute atomic E-state index is 11.7. The first-order chi connectivity index (χ1) is 11.1. The van der Waals surface area contributed by atoms with Gasteiger partial charge in [-0.15, -0.1) is 11.3 Å². The third-order valence-electron chi connectivity index (χ3n) is 3.08. The van der Waals surface area contributed by atoms with Crippen molar-refractivity contribution in [2.45, 2.75) is 13.5 Å². The standard InChI is InChI=1S/C15H21N5O2S/c1-11-19-12(10-23-11)9-20(3)15(16-2)18-7-6-17-14(21)13-5-4-8-22-13/h4-5,8,10H,6-7,9H2,1-3H3,(H,16,18)(H,17,21). The minimum atomic E-state index is -0.224. The summed E-state index contributed by atoms with van der Waals surface area (Å²) in [7, 11) is 3.68. The molecule has 0 atom stereocenters. The van der Waals surface area contributed by atoms with E-state index >= 15 is 0 Å². The average molecular weight is 335 g/mol. The molecule has 0 fully saturated rings. The topological polar surface area (TPSA) is 82.8 Å². The van der Waals surface area contributed by atoms with Crippen LogP contribution in [0.4, 0.5) is 0 Å². The number of aromatic nitrogens is 1. The van der Waals surface area contributed by atoms with Gasteiger partial charge in [-0.05, 0) is 19.1 Å². The molecule has 1 amide bonds. The van der Waals surface area contributed by atoms with Crippen molar-refractivity contribution in [1.82, 2.24) is 20.5 Å². The lowest BCUT2D eigenvalue weighted by Crippen LogP contribution is -2.42. The van der Waals surface area contributed by atoms with Crippen LogP contribution in [-0.4, -0.2) is 48.9 Å². The molecule has 0 unspecified atom stereocenters. The Hall–Kier alpha value is -2.35. The van der Waals surface area contributed by atoms with Crippen LogP contribution in [0.5, 0.6) is 0 Å². The van der Waals surface area contributed by atoms with E-state index in [1.807, 2.05) is 24.3 Å². The van der Waals surface area contributed by atoms with E-state index in [0.29, 0.717) is 25.4 Å². The van der Waals surface area contributed by atoms with E-state index in [4.69, 9.17) is 4.42 Å². The molecule has 8 heteroatoms. The molecule has 2 aromatic rings. The number of hydrogen-bond donors (Lipinski definition) is 2.